The number of carbonyl (C=O) groups excluding carboxylic acids is 1. The number of hydrogen-bond acceptors (Lipinski definition) is 2. The Morgan fingerprint density at radius 3 is 2.76 bits per heavy atom. The second-order valence-electron chi connectivity index (χ2n) is 5.99. The number of carboxylic acids is 1. The van der Waals surface area contributed by atoms with E-state index in [0.717, 1.165) is 24.8 Å². The van der Waals surface area contributed by atoms with Crippen molar-refractivity contribution in [3.8, 4) is 0 Å². The molecule has 1 aromatic rings. The minimum Gasteiger partial charge on any atom is -0.481 e. The summed E-state index contributed by atoms with van der Waals surface area (Å²) >= 11 is 5.97. The molecule has 2 unspecified atom stereocenters. The van der Waals surface area contributed by atoms with Crippen LogP contribution in [0.1, 0.15) is 37.2 Å². The lowest BCUT2D eigenvalue weighted by molar-refractivity contribution is -0.142. The number of carboxylic acid groups (broad SMARTS) is 1. The van der Waals surface area contributed by atoms with Gasteiger partial charge in [-0.15, -0.1) is 0 Å². The van der Waals surface area contributed by atoms with Crippen molar-refractivity contribution >= 4 is 23.5 Å². The molecule has 0 heterocycles. The summed E-state index contributed by atoms with van der Waals surface area (Å²) < 4.78 is 0. The zero-order chi connectivity index (χ0) is 15.0. The normalized spacial score (nSPS) is 30.9. The molecule has 0 aromatic heterocycles. The van der Waals surface area contributed by atoms with Gasteiger partial charge in [-0.2, -0.15) is 0 Å². The van der Waals surface area contributed by atoms with E-state index in [-0.39, 0.29) is 23.8 Å². The van der Waals surface area contributed by atoms with E-state index < -0.39 is 11.9 Å². The number of rotatable bonds is 4. The van der Waals surface area contributed by atoms with Gasteiger partial charge in [0, 0.05) is 17.0 Å². The lowest BCUT2D eigenvalue weighted by atomic mass is 10.0. The average molecular weight is 308 g/mol. The zero-order valence-electron chi connectivity index (χ0n) is 11.6. The Balaban J connectivity index is 1.59. The van der Waals surface area contributed by atoms with Crippen LogP contribution in [0.25, 0.3) is 0 Å². The quantitative estimate of drug-likeness (QED) is 0.899. The first kappa shape index (κ1) is 14.4. The van der Waals surface area contributed by atoms with E-state index >= 15 is 0 Å². The number of benzene rings is 1. The summed E-state index contributed by atoms with van der Waals surface area (Å²) in [6.07, 6.45) is 3.10. The van der Waals surface area contributed by atoms with E-state index in [9.17, 15) is 9.59 Å². The molecule has 112 valence electrons. The van der Waals surface area contributed by atoms with Crippen LogP contribution in [-0.2, 0) is 9.59 Å². The molecule has 2 fully saturated rings. The summed E-state index contributed by atoms with van der Waals surface area (Å²) in [5.41, 5.74) is 1.09. The summed E-state index contributed by atoms with van der Waals surface area (Å²) in [5.74, 6) is -1.08. The highest BCUT2D eigenvalue weighted by Gasteiger charge is 2.45. The first-order valence-corrected chi connectivity index (χ1v) is 7.72. The van der Waals surface area contributed by atoms with Gasteiger partial charge >= 0.3 is 5.97 Å². The second kappa shape index (κ2) is 5.68. The van der Waals surface area contributed by atoms with Gasteiger partial charge in [0.2, 0.25) is 5.91 Å². The minimum absolute atomic E-state index is 0.0156. The standard InChI is InChI=1S/C16H18ClNO3/c17-10-4-1-3-9(7-10)12-8-13(12)15(19)18-14-6-2-5-11(14)16(20)21/h1,3-4,7,11-14H,2,5-6,8H2,(H,18,19)(H,20,21)/t11-,12?,13?,14+/m1/s1. The fourth-order valence-electron chi connectivity index (χ4n) is 3.31. The van der Waals surface area contributed by atoms with Gasteiger partial charge < -0.3 is 10.4 Å². The van der Waals surface area contributed by atoms with Crippen LogP contribution in [0.4, 0.5) is 0 Å². The first-order chi connectivity index (χ1) is 10.1. The van der Waals surface area contributed by atoms with Gasteiger partial charge in [0.1, 0.15) is 0 Å². The molecule has 2 saturated carbocycles. The number of halogens is 1. The molecule has 1 amide bonds. The van der Waals surface area contributed by atoms with Gasteiger partial charge in [-0.3, -0.25) is 9.59 Å². The lowest BCUT2D eigenvalue weighted by Gasteiger charge is -2.17. The SMILES string of the molecule is O=C(N[C@H]1CCC[C@H]1C(=O)O)C1CC1c1cccc(Cl)c1. The summed E-state index contributed by atoms with van der Waals surface area (Å²) in [4.78, 5) is 23.4. The highest BCUT2D eigenvalue weighted by Crippen LogP contribution is 2.48. The summed E-state index contributed by atoms with van der Waals surface area (Å²) in [6.45, 7) is 0. The van der Waals surface area contributed by atoms with Crippen LogP contribution in [0.5, 0.6) is 0 Å². The van der Waals surface area contributed by atoms with E-state index in [1.165, 1.54) is 0 Å². The Bertz CT molecular complexity index is 574. The third-order valence-electron chi connectivity index (χ3n) is 4.56. The Morgan fingerprint density at radius 2 is 2.05 bits per heavy atom. The fourth-order valence-corrected chi connectivity index (χ4v) is 3.51. The number of hydrogen-bond donors (Lipinski definition) is 2. The van der Waals surface area contributed by atoms with Crippen LogP contribution >= 0.6 is 11.6 Å². The number of nitrogens with one attached hydrogen (secondary N) is 1. The predicted octanol–water partition coefficient (Wildman–Crippen LogP) is 2.81. The molecule has 0 radical (unpaired) electrons. The molecule has 2 N–H and O–H groups in total. The van der Waals surface area contributed by atoms with Crippen molar-refractivity contribution in [3.05, 3.63) is 34.9 Å². The van der Waals surface area contributed by atoms with Crippen molar-refractivity contribution in [2.45, 2.75) is 37.6 Å². The van der Waals surface area contributed by atoms with Crippen molar-refractivity contribution in [1.29, 1.82) is 0 Å². The lowest BCUT2D eigenvalue weighted by Crippen LogP contribution is -2.41. The maximum absolute atomic E-state index is 12.3. The van der Waals surface area contributed by atoms with Crippen LogP contribution in [0.3, 0.4) is 0 Å². The average Bonchev–Trinajstić information content (AvgIpc) is 3.11. The van der Waals surface area contributed by atoms with Crippen molar-refractivity contribution in [1.82, 2.24) is 5.32 Å². The molecule has 1 aromatic carbocycles. The van der Waals surface area contributed by atoms with Gasteiger partial charge in [-0.1, -0.05) is 30.2 Å². The zero-order valence-corrected chi connectivity index (χ0v) is 12.3. The molecule has 4 atom stereocenters. The van der Waals surface area contributed by atoms with Crippen LogP contribution in [0.2, 0.25) is 5.02 Å². The van der Waals surface area contributed by atoms with E-state index in [1.807, 2.05) is 24.3 Å². The van der Waals surface area contributed by atoms with Crippen LogP contribution in [0.15, 0.2) is 24.3 Å². The second-order valence-corrected chi connectivity index (χ2v) is 6.43. The van der Waals surface area contributed by atoms with Gasteiger partial charge in [-0.05, 0) is 42.9 Å². The first-order valence-electron chi connectivity index (χ1n) is 7.35. The predicted molar refractivity (Wildman–Crippen MR) is 79.2 cm³/mol. The number of aliphatic carboxylic acids is 1. The van der Waals surface area contributed by atoms with Crippen molar-refractivity contribution in [2.24, 2.45) is 11.8 Å². The monoisotopic (exact) mass is 307 g/mol. The topological polar surface area (TPSA) is 66.4 Å². The molecule has 0 saturated heterocycles. The Morgan fingerprint density at radius 1 is 1.24 bits per heavy atom. The van der Waals surface area contributed by atoms with E-state index in [2.05, 4.69) is 5.32 Å². The molecule has 4 nitrogen and oxygen atoms in total. The van der Waals surface area contributed by atoms with Crippen LogP contribution < -0.4 is 5.32 Å². The third-order valence-corrected chi connectivity index (χ3v) is 4.80. The molecule has 2 aliphatic rings. The molecular weight excluding hydrogens is 290 g/mol. The third kappa shape index (κ3) is 3.05. The molecule has 21 heavy (non-hydrogen) atoms. The minimum atomic E-state index is -0.806. The van der Waals surface area contributed by atoms with Crippen LogP contribution in [0, 0.1) is 11.8 Å². The van der Waals surface area contributed by atoms with Crippen molar-refractivity contribution < 1.29 is 14.7 Å². The van der Waals surface area contributed by atoms with Gasteiger partial charge in [0.15, 0.2) is 0 Å². The smallest absolute Gasteiger partial charge is 0.308 e. The Kier molecular flexibility index (Phi) is 3.89. The molecule has 0 spiro atoms. The van der Waals surface area contributed by atoms with E-state index in [1.54, 1.807) is 0 Å². The van der Waals surface area contributed by atoms with E-state index in [0.29, 0.717) is 11.4 Å². The maximum atomic E-state index is 12.3. The molecule has 0 bridgehead atoms. The van der Waals surface area contributed by atoms with Gasteiger partial charge in [0.25, 0.3) is 0 Å². The van der Waals surface area contributed by atoms with Gasteiger partial charge in [-0.25, -0.2) is 0 Å². The Labute approximate surface area is 128 Å². The van der Waals surface area contributed by atoms with Crippen molar-refractivity contribution in [2.75, 3.05) is 0 Å². The van der Waals surface area contributed by atoms with Crippen molar-refractivity contribution in [3.63, 3.8) is 0 Å². The fraction of sp³-hybridized carbons (Fsp3) is 0.500. The Hall–Kier alpha value is -1.55. The maximum Gasteiger partial charge on any atom is 0.308 e. The molecule has 3 rings (SSSR count). The van der Waals surface area contributed by atoms with Crippen LogP contribution in [-0.4, -0.2) is 23.0 Å². The molecule has 0 aliphatic heterocycles. The summed E-state index contributed by atoms with van der Waals surface area (Å²) in [7, 11) is 0. The number of carbonyl (C=O) groups is 2. The highest BCUT2D eigenvalue weighted by atomic mass is 35.5. The molecule has 2 aliphatic carbocycles. The summed E-state index contributed by atoms with van der Waals surface area (Å²) in [5, 5.41) is 12.8. The molecular formula is C16H18ClNO3. The summed E-state index contributed by atoms with van der Waals surface area (Å²) in [6, 6.07) is 7.38. The van der Waals surface area contributed by atoms with E-state index in [4.69, 9.17) is 16.7 Å². The van der Waals surface area contributed by atoms with Gasteiger partial charge in [0.05, 0.1) is 5.92 Å². The highest BCUT2D eigenvalue weighted by molar-refractivity contribution is 6.30. The largest absolute Gasteiger partial charge is 0.481 e. The molecule has 5 heteroatoms. The number of amides is 1.